The number of ether oxygens (including phenoxy) is 1. The number of piperazine rings is 1. The van der Waals surface area contributed by atoms with Crippen molar-refractivity contribution in [2.45, 2.75) is 24.8 Å². The molecule has 1 N–H and O–H groups in total. The van der Waals surface area contributed by atoms with Gasteiger partial charge in [0.25, 0.3) is 5.91 Å². The van der Waals surface area contributed by atoms with Gasteiger partial charge < -0.3 is 19.5 Å². The van der Waals surface area contributed by atoms with Crippen LogP contribution in [0, 0.1) is 0 Å². The second-order valence-corrected chi connectivity index (χ2v) is 10.4. The molecular weight excluding hydrogens is 486 g/mol. The second kappa shape index (κ2) is 8.96. The van der Waals surface area contributed by atoms with Crippen LogP contribution in [-0.2, 0) is 21.5 Å². The Labute approximate surface area is 220 Å². The van der Waals surface area contributed by atoms with Crippen molar-refractivity contribution in [3.63, 3.8) is 0 Å². The van der Waals surface area contributed by atoms with E-state index in [1.165, 1.54) is 0 Å². The third-order valence-corrected chi connectivity index (χ3v) is 8.17. The van der Waals surface area contributed by atoms with E-state index < -0.39 is 5.54 Å². The van der Waals surface area contributed by atoms with E-state index in [4.69, 9.17) is 16.3 Å². The molecular formula is C30H28ClN3O3. The predicted molar refractivity (Wildman–Crippen MR) is 144 cm³/mol. The van der Waals surface area contributed by atoms with Gasteiger partial charge in [0.05, 0.1) is 19.3 Å². The third kappa shape index (κ3) is 3.70. The van der Waals surface area contributed by atoms with Gasteiger partial charge in [0.2, 0.25) is 5.91 Å². The number of H-pyrrole nitrogens is 1. The molecule has 2 aliphatic heterocycles. The van der Waals surface area contributed by atoms with Crippen molar-refractivity contribution in [2.24, 2.45) is 0 Å². The molecule has 4 aromatic rings. The first-order valence-corrected chi connectivity index (χ1v) is 12.9. The van der Waals surface area contributed by atoms with Gasteiger partial charge in [0.1, 0.15) is 5.75 Å². The number of nitrogens with zero attached hydrogens (tertiary/aromatic N) is 2. The summed E-state index contributed by atoms with van der Waals surface area (Å²) in [4.78, 5) is 34.9. The zero-order valence-corrected chi connectivity index (χ0v) is 21.6. The monoisotopic (exact) mass is 513 g/mol. The van der Waals surface area contributed by atoms with Crippen molar-refractivity contribution in [1.29, 1.82) is 0 Å². The van der Waals surface area contributed by atoms with E-state index in [0.29, 0.717) is 24.5 Å². The van der Waals surface area contributed by atoms with Gasteiger partial charge in [-0.05, 0) is 48.7 Å². The number of aromatic amines is 1. The SMILES string of the molecule is COc1ccccc1C1CN2C(=O)CN(CCc3ccc(Cl)cc3)C(=O)C2(C)c2[nH]c3ccccc3c21. The summed E-state index contributed by atoms with van der Waals surface area (Å²) in [6.07, 6.45) is 0.648. The minimum Gasteiger partial charge on any atom is -0.496 e. The molecule has 3 aromatic carbocycles. The van der Waals surface area contributed by atoms with E-state index in [2.05, 4.69) is 11.1 Å². The first-order chi connectivity index (χ1) is 17.9. The van der Waals surface area contributed by atoms with Crippen LogP contribution in [0.1, 0.15) is 35.2 Å². The molecule has 2 unspecified atom stereocenters. The Morgan fingerprint density at radius 2 is 1.76 bits per heavy atom. The van der Waals surface area contributed by atoms with E-state index in [9.17, 15) is 9.59 Å². The van der Waals surface area contributed by atoms with Crippen LogP contribution in [0.25, 0.3) is 10.9 Å². The molecule has 3 heterocycles. The Kier molecular flexibility index (Phi) is 5.72. The number of amides is 2. The highest BCUT2D eigenvalue weighted by Gasteiger charge is 2.56. The summed E-state index contributed by atoms with van der Waals surface area (Å²) < 4.78 is 5.71. The highest BCUT2D eigenvalue weighted by Crippen LogP contribution is 2.49. The predicted octanol–water partition coefficient (Wildman–Crippen LogP) is 5.10. The number of carbonyl (C=O) groups is 2. The maximum absolute atomic E-state index is 14.2. The highest BCUT2D eigenvalue weighted by molar-refractivity contribution is 6.30. The number of halogens is 1. The minimum absolute atomic E-state index is 0.0533. The van der Waals surface area contributed by atoms with E-state index in [0.717, 1.165) is 39.0 Å². The Bertz CT molecular complexity index is 1510. The van der Waals surface area contributed by atoms with Crippen LogP contribution in [0.5, 0.6) is 5.75 Å². The molecule has 1 aromatic heterocycles. The molecule has 0 saturated carbocycles. The lowest BCUT2D eigenvalue weighted by Crippen LogP contribution is -2.67. The zero-order chi connectivity index (χ0) is 25.7. The van der Waals surface area contributed by atoms with Crippen molar-refractivity contribution >= 4 is 34.3 Å². The van der Waals surface area contributed by atoms with Crippen molar-refractivity contribution in [2.75, 3.05) is 26.7 Å². The van der Waals surface area contributed by atoms with E-state index in [1.54, 1.807) is 16.9 Å². The van der Waals surface area contributed by atoms with Crippen LogP contribution in [0.15, 0.2) is 72.8 Å². The number of fused-ring (bicyclic) bond motifs is 5. The van der Waals surface area contributed by atoms with Crippen molar-refractivity contribution in [3.8, 4) is 5.75 Å². The lowest BCUT2D eigenvalue weighted by molar-refractivity contribution is -0.166. The number of para-hydroxylation sites is 2. The molecule has 0 spiro atoms. The first-order valence-electron chi connectivity index (χ1n) is 12.5. The minimum atomic E-state index is -1.12. The molecule has 0 bridgehead atoms. The molecule has 7 heteroatoms. The van der Waals surface area contributed by atoms with Gasteiger partial charge >= 0.3 is 0 Å². The summed E-state index contributed by atoms with van der Waals surface area (Å²) in [6, 6.07) is 23.6. The quantitative estimate of drug-likeness (QED) is 0.403. The topological polar surface area (TPSA) is 65.6 Å². The maximum atomic E-state index is 14.2. The van der Waals surface area contributed by atoms with Gasteiger partial charge in [-0.15, -0.1) is 0 Å². The van der Waals surface area contributed by atoms with Crippen LogP contribution < -0.4 is 4.74 Å². The van der Waals surface area contributed by atoms with Gasteiger partial charge in [-0.25, -0.2) is 0 Å². The number of hydrogen-bond donors (Lipinski definition) is 1. The largest absolute Gasteiger partial charge is 0.496 e. The van der Waals surface area contributed by atoms with E-state index in [-0.39, 0.29) is 24.3 Å². The number of nitrogens with one attached hydrogen (secondary N) is 1. The van der Waals surface area contributed by atoms with E-state index >= 15 is 0 Å². The molecule has 2 atom stereocenters. The smallest absolute Gasteiger partial charge is 0.254 e. The zero-order valence-electron chi connectivity index (χ0n) is 20.8. The number of carbonyl (C=O) groups excluding carboxylic acids is 2. The number of hydrogen-bond acceptors (Lipinski definition) is 3. The van der Waals surface area contributed by atoms with Gasteiger partial charge in [-0.1, -0.05) is 60.1 Å². The lowest BCUT2D eigenvalue weighted by Gasteiger charge is -2.51. The summed E-state index contributed by atoms with van der Waals surface area (Å²) in [5, 5.41) is 1.74. The van der Waals surface area contributed by atoms with Crippen LogP contribution in [0.4, 0.5) is 0 Å². The van der Waals surface area contributed by atoms with Gasteiger partial charge in [0.15, 0.2) is 5.54 Å². The Morgan fingerprint density at radius 1 is 1.03 bits per heavy atom. The van der Waals surface area contributed by atoms with Crippen molar-refractivity contribution in [1.82, 2.24) is 14.8 Å². The normalized spacial score (nSPS) is 21.2. The molecule has 2 amide bonds. The number of aromatic nitrogens is 1. The Balaban J connectivity index is 1.45. The number of benzene rings is 3. The summed E-state index contributed by atoms with van der Waals surface area (Å²) >= 11 is 6.03. The fraction of sp³-hybridized carbons (Fsp3) is 0.267. The van der Waals surface area contributed by atoms with Crippen LogP contribution in [0.2, 0.25) is 5.02 Å². The Hall–Kier alpha value is -3.77. The number of methoxy groups -OCH3 is 1. The van der Waals surface area contributed by atoms with Crippen LogP contribution in [0.3, 0.4) is 0 Å². The van der Waals surface area contributed by atoms with Crippen LogP contribution >= 0.6 is 11.6 Å². The summed E-state index contributed by atoms with van der Waals surface area (Å²) in [7, 11) is 1.66. The Morgan fingerprint density at radius 3 is 2.54 bits per heavy atom. The van der Waals surface area contributed by atoms with Crippen LogP contribution in [-0.4, -0.2) is 53.3 Å². The highest BCUT2D eigenvalue weighted by atomic mass is 35.5. The fourth-order valence-corrected chi connectivity index (χ4v) is 6.13. The first kappa shape index (κ1) is 23.6. The maximum Gasteiger partial charge on any atom is 0.254 e. The molecule has 1 saturated heterocycles. The molecule has 2 aliphatic rings. The second-order valence-electron chi connectivity index (χ2n) is 9.93. The average molecular weight is 514 g/mol. The van der Waals surface area contributed by atoms with Gasteiger partial charge in [0, 0.05) is 40.5 Å². The van der Waals surface area contributed by atoms with Gasteiger partial charge in [-0.2, -0.15) is 0 Å². The van der Waals surface area contributed by atoms with Crippen molar-refractivity contribution < 1.29 is 14.3 Å². The number of rotatable bonds is 5. The lowest BCUT2D eigenvalue weighted by atomic mass is 9.76. The van der Waals surface area contributed by atoms with E-state index in [1.807, 2.05) is 73.7 Å². The summed E-state index contributed by atoms with van der Waals surface area (Å²) in [6.45, 7) is 2.81. The fourth-order valence-electron chi connectivity index (χ4n) is 6.01. The molecule has 6 nitrogen and oxygen atoms in total. The summed E-state index contributed by atoms with van der Waals surface area (Å²) in [5.74, 6) is 0.523. The third-order valence-electron chi connectivity index (χ3n) is 7.92. The molecule has 188 valence electrons. The van der Waals surface area contributed by atoms with Gasteiger partial charge in [-0.3, -0.25) is 9.59 Å². The molecule has 1 fully saturated rings. The molecule has 0 aliphatic carbocycles. The molecule has 37 heavy (non-hydrogen) atoms. The summed E-state index contributed by atoms with van der Waals surface area (Å²) in [5.41, 5.74) is 3.74. The molecule has 6 rings (SSSR count). The average Bonchev–Trinajstić information content (AvgIpc) is 3.32. The van der Waals surface area contributed by atoms with Crippen molar-refractivity contribution in [3.05, 3.63) is 100 Å². The molecule has 0 radical (unpaired) electrons. The standard InChI is InChI=1S/C30H28ClN3O3/c1-30-28-27(22-8-3-5-9-24(22)32-28)23(21-7-4-6-10-25(21)37-2)17-34(30)26(35)18-33(29(30)36)16-15-19-11-13-20(31)14-12-19/h3-14,23,32H,15-18H2,1-2H3.